The minimum Gasteiger partial charge on any atom is -0.481 e. The predicted octanol–water partition coefficient (Wildman–Crippen LogP) is 2.72. The Bertz CT molecular complexity index is 616. The van der Waals surface area contributed by atoms with Crippen LogP contribution in [0.5, 0.6) is 17.6 Å². The molecule has 0 unspecified atom stereocenters. The summed E-state index contributed by atoms with van der Waals surface area (Å²) in [6, 6.07) is 7.87. The number of carbonyl (C=O) groups is 1. The van der Waals surface area contributed by atoms with Crippen molar-refractivity contribution in [3.63, 3.8) is 0 Å². The van der Waals surface area contributed by atoms with Crippen LogP contribution in [0.1, 0.15) is 10.4 Å². The molecule has 0 bridgehead atoms. The van der Waals surface area contributed by atoms with Crippen LogP contribution < -0.4 is 9.47 Å². The molecule has 2 rings (SSSR count). The quantitative estimate of drug-likeness (QED) is 0.638. The fourth-order valence-corrected chi connectivity index (χ4v) is 1.58. The van der Waals surface area contributed by atoms with E-state index in [1.54, 1.807) is 24.3 Å². The van der Waals surface area contributed by atoms with Crippen LogP contribution in [-0.2, 0) is 4.74 Å². The molecule has 104 valence electrons. The maximum atomic E-state index is 11.3. The SMILES string of the molecule is COC(=O)c1ccc(Oc2nc(Cl)cc(OC)n2)cc1. The Morgan fingerprint density at radius 2 is 1.85 bits per heavy atom. The number of rotatable bonds is 4. The van der Waals surface area contributed by atoms with Crippen molar-refractivity contribution in [1.29, 1.82) is 0 Å². The Hall–Kier alpha value is -2.34. The normalized spacial score (nSPS) is 9.95. The highest BCUT2D eigenvalue weighted by Gasteiger charge is 2.08. The van der Waals surface area contributed by atoms with E-state index < -0.39 is 5.97 Å². The molecule has 0 radical (unpaired) electrons. The van der Waals surface area contributed by atoms with Crippen LogP contribution in [0.3, 0.4) is 0 Å². The van der Waals surface area contributed by atoms with Gasteiger partial charge >= 0.3 is 12.0 Å². The number of carbonyl (C=O) groups excluding carboxylic acids is 1. The van der Waals surface area contributed by atoms with E-state index in [0.29, 0.717) is 17.2 Å². The molecule has 2 aromatic rings. The molecule has 20 heavy (non-hydrogen) atoms. The average Bonchev–Trinajstić information content (AvgIpc) is 2.46. The zero-order valence-corrected chi connectivity index (χ0v) is 11.5. The van der Waals surface area contributed by atoms with Crippen LogP contribution >= 0.6 is 11.6 Å². The number of hydrogen-bond acceptors (Lipinski definition) is 6. The Balaban J connectivity index is 2.17. The van der Waals surface area contributed by atoms with Gasteiger partial charge in [-0.1, -0.05) is 11.6 Å². The van der Waals surface area contributed by atoms with E-state index in [2.05, 4.69) is 14.7 Å². The number of aromatic nitrogens is 2. The summed E-state index contributed by atoms with van der Waals surface area (Å²) in [7, 11) is 2.78. The number of benzene rings is 1. The molecular formula is C13H11ClN2O4. The minimum atomic E-state index is -0.419. The first-order valence-electron chi connectivity index (χ1n) is 5.57. The highest BCUT2D eigenvalue weighted by molar-refractivity contribution is 6.29. The summed E-state index contributed by atoms with van der Waals surface area (Å²) >= 11 is 5.81. The molecular weight excluding hydrogens is 284 g/mol. The summed E-state index contributed by atoms with van der Waals surface area (Å²) in [5.41, 5.74) is 0.421. The first-order valence-corrected chi connectivity index (χ1v) is 5.95. The van der Waals surface area contributed by atoms with Crippen LogP contribution in [0.15, 0.2) is 30.3 Å². The summed E-state index contributed by atoms with van der Waals surface area (Å²) in [6.45, 7) is 0. The van der Waals surface area contributed by atoms with Gasteiger partial charge in [0.05, 0.1) is 19.8 Å². The summed E-state index contributed by atoms with van der Waals surface area (Å²) in [5.74, 6) is 0.338. The zero-order chi connectivity index (χ0) is 14.5. The monoisotopic (exact) mass is 294 g/mol. The van der Waals surface area contributed by atoms with Gasteiger partial charge in [-0.05, 0) is 24.3 Å². The minimum absolute atomic E-state index is 0.0557. The Labute approximate surface area is 120 Å². The molecule has 0 fully saturated rings. The molecule has 0 spiro atoms. The van der Waals surface area contributed by atoms with E-state index in [9.17, 15) is 4.79 Å². The second-order valence-corrected chi connectivity index (χ2v) is 4.02. The van der Waals surface area contributed by atoms with Crippen molar-refractivity contribution >= 4 is 17.6 Å². The van der Waals surface area contributed by atoms with Gasteiger partial charge in [-0.2, -0.15) is 9.97 Å². The standard InChI is InChI=1S/C13H11ClN2O4/c1-18-11-7-10(14)15-13(16-11)20-9-5-3-8(4-6-9)12(17)19-2/h3-7H,1-2H3. The summed E-state index contributed by atoms with van der Waals surface area (Å²) < 4.78 is 15.0. The van der Waals surface area contributed by atoms with E-state index in [0.717, 1.165) is 0 Å². The number of esters is 1. The summed E-state index contributed by atoms with van der Waals surface area (Å²) in [6.07, 6.45) is 0. The summed E-state index contributed by atoms with van der Waals surface area (Å²) in [5, 5.41) is 0.207. The van der Waals surface area contributed by atoms with Gasteiger partial charge in [0.1, 0.15) is 10.9 Å². The lowest BCUT2D eigenvalue weighted by molar-refractivity contribution is 0.0600. The van der Waals surface area contributed by atoms with Crippen molar-refractivity contribution in [1.82, 2.24) is 9.97 Å². The molecule has 0 saturated carbocycles. The summed E-state index contributed by atoms with van der Waals surface area (Å²) in [4.78, 5) is 19.2. The largest absolute Gasteiger partial charge is 0.481 e. The van der Waals surface area contributed by atoms with Crippen molar-refractivity contribution in [3.05, 3.63) is 41.0 Å². The second-order valence-electron chi connectivity index (χ2n) is 3.63. The Morgan fingerprint density at radius 1 is 1.15 bits per heavy atom. The number of methoxy groups -OCH3 is 2. The van der Waals surface area contributed by atoms with E-state index in [-0.39, 0.29) is 11.2 Å². The third kappa shape index (κ3) is 3.36. The first kappa shape index (κ1) is 14.1. The second kappa shape index (κ2) is 6.21. The van der Waals surface area contributed by atoms with Gasteiger partial charge < -0.3 is 14.2 Å². The first-order chi connectivity index (χ1) is 9.62. The van der Waals surface area contributed by atoms with Crippen molar-refractivity contribution < 1.29 is 19.0 Å². The molecule has 0 amide bonds. The fourth-order valence-electron chi connectivity index (χ4n) is 1.41. The van der Waals surface area contributed by atoms with E-state index >= 15 is 0 Å². The molecule has 0 aliphatic rings. The number of ether oxygens (including phenoxy) is 3. The van der Waals surface area contributed by atoms with Crippen LogP contribution in [0, 0.1) is 0 Å². The van der Waals surface area contributed by atoms with E-state index in [1.165, 1.54) is 20.3 Å². The third-order valence-corrected chi connectivity index (χ3v) is 2.54. The molecule has 1 heterocycles. The highest BCUT2D eigenvalue weighted by Crippen LogP contribution is 2.23. The van der Waals surface area contributed by atoms with Crippen molar-refractivity contribution in [2.75, 3.05) is 14.2 Å². The molecule has 7 heteroatoms. The number of hydrogen-bond donors (Lipinski definition) is 0. The van der Waals surface area contributed by atoms with Crippen molar-refractivity contribution in [3.8, 4) is 17.6 Å². The average molecular weight is 295 g/mol. The van der Waals surface area contributed by atoms with Gasteiger partial charge in [0.2, 0.25) is 5.88 Å². The lowest BCUT2D eigenvalue weighted by Crippen LogP contribution is -2.00. The number of halogens is 1. The topological polar surface area (TPSA) is 70.5 Å². The lowest BCUT2D eigenvalue weighted by Gasteiger charge is -2.06. The third-order valence-electron chi connectivity index (χ3n) is 2.34. The predicted molar refractivity (Wildman–Crippen MR) is 71.4 cm³/mol. The molecule has 0 N–H and O–H groups in total. The fraction of sp³-hybridized carbons (Fsp3) is 0.154. The molecule has 0 atom stereocenters. The number of nitrogens with zero attached hydrogens (tertiary/aromatic N) is 2. The van der Waals surface area contributed by atoms with Gasteiger partial charge in [0, 0.05) is 6.07 Å². The molecule has 0 saturated heterocycles. The lowest BCUT2D eigenvalue weighted by atomic mass is 10.2. The molecule has 1 aromatic carbocycles. The van der Waals surface area contributed by atoms with Gasteiger partial charge in [-0.15, -0.1) is 0 Å². The molecule has 0 aliphatic heterocycles. The Kier molecular flexibility index (Phi) is 4.37. The van der Waals surface area contributed by atoms with Crippen LogP contribution in [0.25, 0.3) is 0 Å². The molecule has 6 nitrogen and oxygen atoms in total. The van der Waals surface area contributed by atoms with Gasteiger partial charge in [-0.25, -0.2) is 4.79 Å². The van der Waals surface area contributed by atoms with Crippen LogP contribution in [0.4, 0.5) is 0 Å². The van der Waals surface area contributed by atoms with Crippen LogP contribution in [-0.4, -0.2) is 30.2 Å². The van der Waals surface area contributed by atoms with Crippen LogP contribution in [0.2, 0.25) is 5.15 Å². The molecule has 1 aromatic heterocycles. The van der Waals surface area contributed by atoms with E-state index in [4.69, 9.17) is 21.1 Å². The maximum Gasteiger partial charge on any atom is 0.337 e. The van der Waals surface area contributed by atoms with Gasteiger partial charge in [-0.3, -0.25) is 0 Å². The van der Waals surface area contributed by atoms with Gasteiger partial charge in [0.15, 0.2) is 0 Å². The zero-order valence-electron chi connectivity index (χ0n) is 10.8. The van der Waals surface area contributed by atoms with E-state index in [1.807, 2.05) is 0 Å². The smallest absolute Gasteiger partial charge is 0.337 e. The maximum absolute atomic E-state index is 11.3. The van der Waals surface area contributed by atoms with Gasteiger partial charge in [0.25, 0.3) is 0 Å². The van der Waals surface area contributed by atoms with Crippen molar-refractivity contribution in [2.24, 2.45) is 0 Å². The van der Waals surface area contributed by atoms with Crippen molar-refractivity contribution in [2.45, 2.75) is 0 Å². The molecule has 0 aliphatic carbocycles. The highest BCUT2D eigenvalue weighted by atomic mass is 35.5. The Morgan fingerprint density at radius 3 is 2.45 bits per heavy atom.